The second kappa shape index (κ2) is 9.87. The Morgan fingerprint density at radius 1 is 0.500 bits per heavy atom. The Kier molecular flexibility index (Phi) is 7.82. The summed E-state index contributed by atoms with van der Waals surface area (Å²) >= 11 is 0. The number of ether oxygens (including phenoxy) is 6. The van der Waals surface area contributed by atoms with E-state index in [4.69, 9.17) is 28.4 Å². The van der Waals surface area contributed by atoms with Crippen molar-refractivity contribution in [1.82, 2.24) is 0 Å². The van der Waals surface area contributed by atoms with Gasteiger partial charge in [0.2, 0.25) is 0 Å². The number of aromatic nitrogens is 4. The molecule has 0 fully saturated rings. The van der Waals surface area contributed by atoms with E-state index in [9.17, 15) is 0 Å². The topological polar surface area (TPSA) is 79.0 Å². The predicted octanol–water partition coefficient (Wildman–Crippen LogP) is -3.94. The molecule has 0 aliphatic heterocycles. The molecule has 0 aliphatic carbocycles. The number of methoxy groups -OCH3 is 6. The summed E-state index contributed by atoms with van der Waals surface area (Å²) in [4.78, 5) is 0. The van der Waals surface area contributed by atoms with Gasteiger partial charge in [-0.2, -0.15) is 0 Å². The summed E-state index contributed by atoms with van der Waals surface area (Å²) in [6.07, 6.45) is 8.77. The Hall–Kier alpha value is -3.04. The van der Waals surface area contributed by atoms with E-state index in [1.54, 1.807) is 17.7 Å². The summed E-state index contributed by atoms with van der Waals surface area (Å²) < 4.78 is 37.3. The Morgan fingerprint density at radius 2 is 0.833 bits per heavy atom. The van der Waals surface area contributed by atoms with Crippen molar-refractivity contribution in [2.45, 2.75) is 0 Å². The van der Waals surface area contributed by atoms with E-state index in [2.05, 4.69) is 0 Å². The molecule has 0 aliphatic rings. The minimum atomic E-state index is 0.573. The highest BCUT2D eigenvalue weighted by atomic mass is 16.5. The summed E-state index contributed by atoms with van der Waals surface area (Å²) in [6.45, 7) is 0. The first-order chi connectivity index (χ1) is 11.7. The molecule has 0 aromatic carbocycles. The summed E-state index contributed by atoms with van der Waals surface area (Å²) in [7, 11) is 9.14. The maximum atomic E-state index is 5.18. The van der Waals surface area contributed by atoms with Gasteiger partial charge in [0, 0.05) is 0 Å². The van der Waals surface area contributed by atoms with Crippen LogP contribution >= 0.6 is 0 Å². The summed E-state index contributed by atoms with van der Waals surface area (Å²) in [5.74, 6) is 0. The quantitative estimate of drug-likeness (QED) is 0.491. The van der Waals surface area contributed by atoms with E-state index < -0.39 is 0 Å². The zero-order valence-corrected chi connectivity index (χ0v) is 14.7. The zero-order chi connectivity index (χ0) is 17.9. The first-order valence-corrected chi connectivity index (χ1v) is 6.77. The Balaban J connectivity index is 4.55. The summed E-state index contributed by atoms with van der Waals surface area (Å²) in [6, 6.07) is 0. The SMILES string of the molecule is COC=c1c(=COC)[n+](=COC)[n+](=COC)[n+](=COC)[n+]1=COC. The molecule has 132 valence electrons. The van der Waals surface area contributed by atoms with Crippen LogP contribution in [0.4, 0.5) is 0 Å². The molecule has 0 saturated heterocycles. The fourth-order valence-corrected chi connectivity index (χ4v) is 1.90. The molecule has 0 atom stereocenters. The standard InChI is InChI=1S/C14H24N4O6/c1-19-7-13-14(8-20-2)16(10-22-4)18(12-24-6)17(11-23-5)15(13)9-21-3/h7-12H,1-6H3/q+4. The van der Waals surface area contributed by atoms with Gasteiger partial charge in [0.15, 0.2) is 21.2 Å². The average Bonchev–Trinajstić information content (AvgIpc) is 2.57. The van der Waals surface area contributed by atoms with Gasteiger partial charge in [0.05, 0.1) is 42.7 Å². The second-order valence-electron chi connectivity index (χ2n) is 4.17. The van der Waals surface area contributed by atoms with Crippen molar-refractivity contribution in [2.24, 2.45) is 0 Å². The van der Waals surface area contributed by atoms with Crippen molar-refractivity contribution >= 4 is 12.5 Å². The van der Waals surface area contributed by atoms with Crippen molar-refractivity contribution in [3.05, 3.63) is 36.3 Å². The lowest BCUT2D eigenvalue weighted by atomic mass is 10.6. The molecule has 1 heterocycles. The van der Waals surface area contributed by atoms with Crippen LogP contribution in [0, 0.1) is 25.6 Å². The van der Waals surface area contributed by atoms with Crippen LogP contribution in [0.3, 0.4) is 0 Å². The third-order valence-corrected chi connectivity index (χ3v) is 2.68. The number of hydrogen-bond acceptors (Lipinski definition) is 6. The number of nitrogens with zero attached hydrogens (tertiary/aromatic N) is 4. The fourth-order valence-electron chi connectivity index (χ4n) is 1.90. The lowest BCUT2D eigenvalue weighted by Crippen LogP contribution is -2.86. The van der Waals surface area contributed by atoms with Crippen molar-refractivity contribution in [1.29, 1.82) is 0 Å². The van der Waals surface area contributed by atoms with Crippen LogP contribution in [0.2, 0.25) is 0 Å². The molecule has 0 amide bonds. The Bertz CT molecular complexity index is 666. The maximum absolute atomic E-state index is 5.18. The van der Waals surface area contributed by atoms with Crippen LogP contribution in [-0.4, -0.2) is 42.7 Å². The van der Waals surface area contributed by atoms with Gasteiger partial charge < -0.3 is 28.4 Å². The van der Waals surface area contributed by atoms with E-state index >= 15 is 0 Å². The van der Waals surface area contributed by atoms with Crippen LogP contribution in [0.5, 0.6) is 0 Å². The van der Waals surface area contributed by atoms with Crippen molar-refractivity contribution < 1.29 is 46.1 Å². The van der Waals surface area contributed by atoms with Crippen LogP contribution in [0.25, 0.3) is 12.5 Å². The smallest absolute Gasteiger partial charge is 0.481 e. The normalized spacial score (nSPS) is 15.8. The predicted molar refractivity (Wildman–Crippen MR) is 76.2 cm³/mol. The molecule has 10 heteroatoms. The van der Waals surface area contributed by atoms with Gasteiger partial charge in [-0.05, 0) is 0 Å². The second-order valence-corrected chi connectivity index (χ2v) is 4.17. The molecular weight excluding hydrogens is 320 g/mol. The van der Waals surface area contributed by atoms with Gasteiger partial charge in [-0.25, -0.2) is 0 Å². The lowest BCUT2D eigenvalue weighted by Gasteiger charge is -1.83. The fraction of sp³-hybridized carbons (Fsp3) is 0.429. The molecule has 1 rings (SSSR count). The van der Waals surface area contributed by atoms with Gasteiger partial charge in [-0.1, -0.05) is 0 Å². The highest BCUT2D eigenvalue weighted by Gasteiger charge is 2.31. The van der Waals surface area contributed by atoms with Crippen molar-refractivity contribution in [2.75, 3.05) is 42.7 Å². The highest BCUT2D eigenvalue weighted by Crippen LogP contribution is 1.62. The largest absolute Gasteiger partial charge is 0.497 e. The average molecular weight is 344 g/mol. The van der Waals surface area contributed by atoms with Gasteiger partial charge >= 0.3 is 45.2 Å². The van der Waals surface area contributed by atoms with Gasteiger partial charge in [-0.15, -0.1) is 0 Å². The highest BCUT2D eigenvalue weighted by molar-refractivity contribution is 5.09. The van der Waals surface area contributed by atoms with Gasteiger partial charge in [-0.3, -0.25) is 0 Å². The maximum Gasteiger partial charge on any atom is 0.481 e. The first-order valence-electron chi connectivity index (χ1n) is 6.77. The van der Waals surface area contributed by atoms with E-state index in [0.29, 0.717) is 10.7 Å². The number of hydrogen-bond donors (Lipinski definition) is 0. The first kappa shape index (κ1) is 19.0. The lowest BCUT2D eigenvalue weighted by molar-refractivity contribution is -1.49. The minimum absolute atomic E-state index is 0.573. The van der Waals surface area contributed by atoms with Crippen LogP contribution in [-0.2, 0) is 28.4 Å². The third kappa shape index (κ3) is 4.03. The van der Waals surface area contributed by atoms with Crippen molar-refractivity contribution in [3.63, 3.8) is 0 Å². The molecule has 0 N–H and O–H groups in total. The van der Waals surface area contributed by atoms with Gasteiger partial charge in [0.25, 0.3) is 0 Å². The van der Waals surface area contributed by atoms with E-state index in [0.717, 1.165) is 0 Å². The van der Waals surface area contributed by atoms with Crippen molar-refractivity contribution in [3.8, 4) is 0 Å². The molecule has 0 saturated carbocycles. The van der Waals surface area contributed by atoms with Crippen LogP contribution in [0.15, 0.2) is 0 Å². The molecular formula is C14H24N4O6+4. The monoisotopic (exact) mass is 344 g/mol. The Morgan fingerprint density at radius 3 is 1.08 bits per heavy atom. The molecule has 1 aromatic heterocycles. The summed E-state index contributed by atoms with van der Waals surface area (Å²) in [5.41, 5.74) is 0. The summed E-state index contributed by atoms with van der Waals surface area (Å²) in [5, 5.41) is 1.15. The number of rotatable bonds is 6. The molecule has 0 spiro atoms. The molecule has 0 bridgehead atoms. The zero-order valence-electron chi connectivity index (χ0n) is 14.7. The Labute approximate surface area is 138 Å². The minimum Gasteiger partial charge on any atom is -0.497 e. The molecule has 1 aromatic rings. The molecule has 0 unspecified atom stereocenters. The van der Waals surface area contributed by atoms with Crippen LogP contribution < -0.4 is 28.4 Å². The van der Waals surface area contributed by atoms with E-state index in [-0.39, 0.29) is 0 Å². The van der Waals surface area contributed by atoms with Gasteiger partial charge in [0.1, 0.15) is 0 Å². The van der Waals surface area contributed by atoms with Crippen LogP contribution in [0.1, 0.15) is 0 Å². The molecule has 0 radical (unpaired) electrons. The third-order valence-electron chi connectivity index (χ3n) is 2.68. The van der Waals surface area contributed by atoms with E-state index in [1.807, 2.05) is 0 Å². The molecule has 10 nitrogen and oxygen atoms in total. The van der Waals surface area contributed by atoms with E-state index in [1.165, 1.54) is 80.8 Å². The molecule has 24 heavy (non-hydrogen) atoms.